The van der Waals surface area contributed by atoms with Gasteiger partial charge in [0.05, 0.1) is 0 Å². The van der Waals surface area contributed by atoms with Crippen molar-refractivity contribution in [2.45, 2.75) is 58.7 Å². The van der Waals surface area contributed by atoms with Gasteiger partial charge in [-0.1, -0.05) is 13.5 Å². The van der Waals surface area contributed by atoms with Crippen molar-refractivity contribution in [3.05, 3.63) is 12.2 Å². The summed E-state index contributed by atoms with van der Waals surface area (Å²) >= 11 is 0. The largest absolute Gasteiger partial charge is 0.427 e. The van der Waals surface area contributed by atoms with Gasteiger partial charge in [0.1, 0.15) is 6.10 Å². The molecule has 0 spiro atoms. The molecule has 2 unspecified atom stereocenters. The first-order valence-electron chi connectivity index (χ1n) is 5.49. The lowest BCUT2D eigenvalue weighted by Gasteiger charge is -2.30. The van der Waals surface area contributed by atoms with Crippen molar-refractivity contribution < 1.29 is 19.0 Å². The molecule has 1 aliphatic heterocycles. The first kappa shape index (κ1) is 13.2. The standard InChI is InChI=1S/C12H20O4/c1-7-12(15-10(13)8(2)3)9(4)14-11(5,6)16-12/h9H,2,7H2,1,3-6H3. The molecule has 2 atom stereocenters. The average Bonchev–Trinajstić information content (AvgIpc) is 2.36. The molecule has 1 fully saturated rings. The monoisotopic (exact) mass is 228 g/mol. The van der Waals surface area contributed by atoms with Crippen LogP contribution < -0.4 is 0 Å². The van der Waals surface area contributed by atoms with Gasteiger partial charge < -0.3 is 14.2 Å². The van der Waals surface area contributed by atoms with Gasteiger partial charge in [-0.2, -0.15) is 0 Å². The van der Waals surface area contributed by atoms with Crippen LogP contribution in [0, 0.1) is 0 Å². The third-order valence-electron chi connectivity index (χ3n) is 2.61. The van der Waals surface area contributed by atoms with Gasteiger partial charge in [-0.15, -0.1) is 0 Å². The highest BCUT2D eigenvalue weighted by molar-refractivity contribution is 5.87. The Morgan fingerprint density at radius 2 is 2.06 bits per heavy atom. The zero-order chi connectivity index (χ0) is 12.6. The lowest BCUT2D eigenvalue weighted by atomic mass is 10.1. The molecule has 0 saturated carbocycles. The number of carbonyl (C=O) groups is 1. The van der Waals surface area contributed by atoms with Gasteiger partial charge in [-0.25, -0.2) is 4.79 Å². The van der Waals surface area contributed by atoms with E-state index >= 15 is 0 Å². The Bertz CT molecular complexity index is 308. The Morgan fingerprint density at radius 3 is 2.38 bits per heavy atom. The fraction of sp³-hybridized carbons (Fsp3) is 0.750. The van der Waals surface area contributed by atoms with E-state index < -0.39 is 17.5 Å². The van der Waals surface area contributed by atoms with E-state index in [1.54, 1.807) is 20.8 Å². The van der Waals surface area contributed by atoms with E-state index in [1.807, 2.05) is 13.8 Å². The number of hydrogen-bond donors (Lipinski definition) is 0. The summed E-state index contributed by atoms with van der Waals surface area (Å²) in [5, 5.41) is 0. The number of hydrogen-bond acceptors (Lipinski definition) is 4. The van der Waals surface area contributed by atoms with Crippen LogP contribution in [0.25, 0.3) is 0 Å². The molecule has 0 bridgehead atoms. The number of rotatable bonds is 3. The second-order valence-corrected chi connectivity index (χ2v) is 4.60. The molecule has 1 heterocycles. The van der Waals surface area contributed by atoms with Crippen molar-refractivity contribution in [3.63, 3.8) is 0 Å². The van der Waals surface area contributed by atoms with Crippen LogP contribution >= 0.6 is 0 Å². The summed E-state index contributed by atoms with van der Waals surface area (Å²) in [5.74, 6) is -2.18. The van der Waals surface area contributed by atoms with Crippen LogP contribution in [-0.4, -0.2) is 23.6 Å². The Balaban J connectivity index is 2.87. The molecule has 92 valence electrons. The van der Waals surface area contributed by atoms with E-state index in [0.717, 1.165) is 0 Å². The molecule has 1 saturated heterocycles. The minimum atomic E-state index is -1.00. The lowest BCUT2D eigenvalue weighted by molar-refractivity contribution is -0.247. The van der Waals surface area contributed by atoms with E-state index in [9.17, 15) is 4.79 Å². The van der Waals surface area contributed by atoms with E-state index in [2.05, 4.69) is 6.58 Å². The maximum Gasteiger partial charge on any atom is 0.335 e. The van der Waals surface area contributed by atoms with E-state index in [1.165, 1.54) is 0 Å². The zero-order valence-corrected chi connectivity index (χ0v) is 10.6. The summed E-state index contributed by atoms with van der Waals surface area (Å²) in [7, 11) is 0. The minimum Gasteiger partial charge on any atom is -0.427 e. The smallest absolute Gasteiger partial charge is 0.335 e. The van der Waals surface area contributed by atoms with Gasteiger partial charge in [-0.3, -0.25) is 0 Å². The number of carbonyl (C=O) groups excluding carboxylic acids is 1. The fourth-order valence-electron chi connectivity index (χ4n) is 1.82. The maximum atomic E-state index is 11.6. The van der Waals surface area contributed by atoms with Crippen LogP contribution in [0.5, 0.6) is 0 Å². The van der Waals surface area contributed by atoms with Crippen LogP contribution in [0.1, 0.15) is 41.0 Å². The molecule has 1 aliphatic rings. The molecule has 0 amide bonds. The quantitative estimate of drug-likeness (QED) is 0.549. The van der Waals surface area contributed by atoms with Crippen molar-refractivity contribution in [3.8, 4) is 0 Å². The summed E-state index contributed by atoms with van der Waals surface area (Å²) < 4.78 is 16.7. The van der Waals surface area contributed by atoms with Gasteiger partial charge in [0.2, 0.25) is 5.79 Å². The van der Waals surface area contributed by atoms with Crippen molar-refractivity contribution in [1.29, 1.82) is 0 Å². The molecule has 0 N–H and O–H groups in total. The van der Waals surface area contributed by atoms with E-state index in [0.29, 0.717) is 12.0 Å². The van der Waals surface area contributed by atoms with Crippen LogP contribution in [-0.2, 0) is 19.0 Å². The van der Waals surface area contributed by atoms with Gasteiger partial charge in [0.15, 0.2) is 5.79 Å². The third kappa shape index (κ3) is 2.44. The summed E-state index contributed by atoms with van der Waals surface area (Å²) in [6.07, 6.45) is 0.243. The van der Waals surface area contributed by atoms with E-state index in [4.69, 9.17) is 14.2 Å². The highest BCUT2D eigenvalue weighted by Crippen LogP contribution is 2.39. The normalized spacial score (nSPS) is 32.4. The summed E-state index contributed by atoms with van der Waals surface area (Å²) in [4.78, 5) is 11.6. The molecule has 4 nitrogen and oxygen atoms in total. The topological polar surface area (TPSA) is 44.8 Å². The molecule has 0 aromatic heterocycles. The van der Waals surface area contributed by atoms with Crippen molar-refractivity contribution in [2.24, 2.45) is 0 Å². The Labute approximate surface area is 96.6 Å². The number of ether oxygens (including phenoxy) is 3. The SMILES string of the molecule is C=C(C)C(=O)OC1(CC)OC(C)(C)OC1C. The van der Waals surface area contributed by atoms with Gasteiger partial charge in [0, 0.05) is 12.0 Å². The first-order valence-corrected chi connectivity index (χ1v) is 5.49. The summed E-state index contributed by atoms with van der Waals surface area (Å²) in [5.41, 5.74) is 0.355. The first-order chi connectivity index (χ1) is 7.22. The second kappa shape index (κ2) is 4.18. The fourth-order valence-corrected chi connectivity index (χ4v) is 1.82. The minimum absolute atomic E-state index is 0.296. The lowest BCUT2D eigenvalue weighted by Crippen LogP contribution is -2.43. The predicted octanol–water partition coefficient (Wildman–Crippen LogP) is 2.38. The van der Waals surface area contributed by atoms with Crippen LogP contribution in [0.15, 0.2) is 12.2 Å². The van der Waals surface area contributed by atoms with E-state index in [-0.39, 0.29) is 6.10 Å². The molecule has 0 aliphatic carbocycles. The highest BCUT2D eigenvalue weighted by atomic mass is 16.8. The van der Waals surface area contributed by atoms with Gasteiger partial charge in [0.25, 0.3) is 0 Å². The molecule has 1 rings (SSSR count). The molecule has 16 heavy (non-hydrogen) atoms. The molecular formula is C12H20O4. The Morgan fingerprint density at radius 1 is 1.50 bits per heavy atom. The second-order valence-electron chi connectivity index (χ2n) is 4.60. The molecule has 0 aromatic rings. The van der Waals surface area contributed by atoms with Gasteiger partial charge >= 0.3 is 5.97 Å². The molecule has 4 heteroatoms. The summed E-state index contributed by atoms with van der Waals surface area (Å²) in [6, 6.07) is 0. The molecular weight excluding hydrogens is 208 g/mol. The molecule has 0 radical (unpaired) electrons. The Hall–Kier alpha value is -0.870. The molecule has 0 aromatic carbocycles. The van der Waals surface area contributed by atoms with Crippen molar-refractivity contribution >= 4 is 5.97 Å². The van der Waals surface area contributed by atoms with Crippen LogP contribution in [0.4, 0.5) is 0 Å². The highest BCUT2D eigenvalue weighted by Gasteiger charge is 2.53. The maximum absolute atomic E-state index is 11.6. The average molecular weight is 228 g/mol. The summed E-state index contributed by atoms with van der Waals surface area (Å²) in [6.45, 7) is 12.5. The zero-order valence-electron chi connectivity index (χ0n) is 10.6. The third-order valence-corrected chi connectivity index (χ3v) is 2.61. The van der Waals surface area contributed by atoms with Crippen molar-refractivity contribution in [2.75, 3.05) is 0 Å². The number of esters is 1. The van der Waals surface area contributed by atoms with Crippen molar-refractivity contribution in [1.82, 2.24) is 0 Å². The predicted molar refractivity (Wildman–Crippen MR) is 59.6 cm³/mol. The van der Waals surface area contributed by atoms with Crippen LogP contribution in [0.3, 0.4) is 0 Å². The Kier molecular flexibility index (Phi) is 3.45. The van der Waals surface area contributed by atoms with Gasteiger partial charge in [-0.05, 0) is 27.7 Å². The van der Waals surface area contributed by atoms with Crippen LogP contribution in [0.2, 0.25) is 0 Å².